The standard InChI is InChI=1S/C75H59N/c1-7-46-38-62(58-33-31-55-30-27-49-15-10-16-52-32-34-61(58)75(55)70(49)52)43(4)35-67(46)76(68-36-44(5)63(39-47(68)8-2)65-41-56-21-11-17-50-25-28-53-19-13-23-59(65)73(53)71(50)56)69-37-45(6)64(40-48(69)9-3)66-42-57-22-12-18-51-26-29-54-20-14-24-60(66)74(54)72(51)57/h10-19,21-42,54H,7-9,20H2,1-6H3. The van der Waals surface area contributed by atoms with Gasteiger partial charge in [-0.2, -0.15) is 0 Å². The number of benzene rings is 13. The Labute approximate surface area is 445 Å². The summed E-state index contributed by atoms with van der Waals surface area (Å²) in [5.74, 6) is 0.400. The van der Waals surface area contributed by atoms with Crippen LogP contribution < -0.4 is 4.90 Å². The van der Waals surface area contributed by atoms with Gasteiger partial charge in [-0.25, -0.2) is 0 Å². The molecule has 0 saturated heterocycles. The van der Waals surface area contributed by atoms with Crippen molar-refractivity contribution in [2.75, 3.05) is 4.90 Å². The van der Waals surface area contributed by atoms with E-state index in [4.69, 9.17) is 0 Å². The summed E-state index contributed by atoms with van der Waals surface area (Å²) in [4.78, 5) is 2.68. The lowest BCUT2D eigenvalue weighted by Crippen LogP contribution is -2.17. The molecule has 364 valence electrons. The van der Waals surface area contributed by atoms with Gasteiger partial charge in [0.25, 0.3) is 0 Å². The second kappa shape index (κ2) is 17.0. The summed E-state index contributed by atoms with van der Waals surface area (Å²) >= 11 is 0. The third-order valence-corrected chi connectivity index (χ3v) is 17.9. The van der Waals surface area contributed by atoms with Crippen LogP contribution in [0.3, 0.4) is 0 Å². The van der Waals surface area contributed by atoms with Gasteiger partial charge in [0.1, 0.15) is 0 Å². The lowest BCUT2D eigenvalue weighted by Gasteiger charge is -2.34. The van der Waals surface area contributed by atoms with E-state index in [1.54, 1.807) is 0 Å². The van der Waals surface area contributed by atoms with Gasteiger partial charge < -0.3 is 4.90 Å². The third-order valence-electron chi connectivity index (χ3n) is 17.9. The molecule has 0 radical (unpaired) electrons. The summed E-state index contributed by atoms with van der Waals surface area (Å²) < 4.78 is 0. The maximum atomic E-state index is 2.68. The molecule has 0 heterocycles. The topological polar surface area (TPSA) is 3.24 Å². The van der Waals surface area contributed by atoms with E-state index in [2.05, 4.69) is 241 Å². The van der Waals surface area contributed by atoms with Crippen LogP contribution in [0.25, 0.3) is 121 Å². The van der Waals surface area contributed by atoms with Crippen LogP contribution in [-0.4, -0.2) is 0 Å². The van der Waals surface area contributed by atoms with Gasteiger partial charge >= 0.3 is 0 Å². The summed E-state index contributed by atoms with van der Waals surface area (Å²) in [5, 5.41) is 18.6. The Morgan fingerprint density at radius 1 is 0.382 bits per heavy atom. The number of nitrogens with zero attached hydrogens (tertiary/aromatic N) is 1. The zero-order valence-corrected chi connectivity index (χ0v) is 44.3. The Bertz CT molecular complexity index is 4640. The van der Waals surface area contributed by atoms with Crippen molar-refractivity contribution in [2.24, 2.45) is 0 Å². The van der Waals surface area contributed by atoms with Crippen molar-refractivity contribution in [2.45, 2.75) is 73.1 Å². The zero-order valence-electron chi connectivity index (χ0n) is 44.3. The molecule has 15 rings (SSSR count). The lowest BCUT2D eigenvalue weighted by atomic mass is 9.76. The maximum Gasteiger partial charge on any atom is 0.0496 e. The maximum absolute atomic E-state index is 2.68. The average molecular weight is 974 g/mol. The van der Waals surface area contributed by atoms with Gasteiger partial charge in [0.15, 0.2) is 0 Å². The summed E-state index contributed by atoms with van der Waals surface area (Å²) in [7, 11) is 0. The van der Waals surface area contributed by atoms with Gasteiger partial charge in [-0.05, 0) is 254 Å². The number of anilines is 3. The SMILES string of the molecule is CCc1cc(-c2cc3cccc4c3c3c2C=CCC3C=C4)c(C)cc1N(c1cc(C)c(-c2ccc3ccc4cccc5ccc2c3c45)cc1CC)c1cc(C)c(-c2cc3cccc4ccc5cccc2c5c43)cc1CC. The normalized spacial score (nSPS) is 14.1. The zero-order chi connectivity index (χ0) is 51.1. The first-order chi connectivity index (χ1) is 37.3. The molecule has 0 saturated carbocycles. The van der Waals surface area contributed by atoms with Crippen molar-refractivity contribution in [1.82, 2.24) is 0 Å². The third kappa shape index (κ3) is 6.51. The number of allylic oxidation sites excluding steroid dienone is 2. The number of aryl methyl sites for hydroxylation is 6. The molecule has 1 heteroatoms. The van der Waals surface area contributed by atoms with E-state index in [0.29, 0.717) is 5.92 Å². The van der Waals surface area contributed by atoms with Crippen LogP contribution in [0.5, 0.6) is 0 Å². The molecule has 0 bridgehead atoms. The first kappa shape index (κ1) is 44.9. The molecule has 0 spiro atoms. The first-order valence-electron chi connectivity index (χ1n) is 27.8. The molecule has 0 aliphatic heterocycles. The first-order valence-corrected chi connectivity index (χ1v) is 27.8. The predicted molar refractivity (Wildman–Crippen MR) is 330 cm³/mol. The fraction of sp³-hybridized carbons (Fsp3) is 0.147. The number of rotatable bonds is 9. The smallest absolute Gasteiger partial charge is 0.0496 e. The second-order valence-corrected chi connectivity index (χ2v) is 22.0. The van der Waals surface area contributed by atoms with Crippen molar-refractivity contribution in [3.63, 3.8) is 0 Å². The van der Waals surface area contributed by atoms with Crippen molar-refractivity contribution in [1.29, 1.82) is 0 Å². The molecule has 0 amide bonds. The van der Waals surface area contributed by atoms with E-state index >= 15 is 0 Å². The Morgan fingerprint density at radius 2 is 0.829 bits per heavy atom. The van der Waals surface area contributed by atoms with Gasteiger partial charge in [-0.3, -0.25) is 0 Å². The average Bonchev–Trinajstić information content (AvgIpc) is 3.47. The molecule has 2 aliphatic carbocycles. The highest BCUT2D eigenvalue weighted by atomic mass is 15.2. The van der Waals surface area contributed by atoms with E-state index < -0.39 is 0 Å². The molecule has 1 nitrogen and oxygen atoms in total. The number of hydrogen-bond acceptors (Lipinski definition) is 1. The van der Waals surface area contributed by atoms with Crippen molar-refractivity contribution in [3.8, 4) is 33.4 Å². The van der Waals surface area contributed by atoms with Crippen LogP contribution in [-0.2, 0) is 19.3 Å². The van der Waals surface area contributed by atoms with E-state index in [9.17, 15) is 0 Å². The summed E-state index contributed by atoms with van der Waals surface area (Å²) in [5.41, 5.74) is 23.7. The Kier molecular flexibility index (Phi) is 10.0. The van der Waals surface area contributed by atoms with Crippen LogP contribution in [0.1, 0.15) is 83.2 Å². The van der Waals surface area contributed by atoms with Crippen LogP contribution in [0, 0.1) is 20.8 Å². The van der Waals surface area contributed by atoms with E-state index in [0.717, 1.165) is 25.7 Å². The van der Waals surface area contributed by atoms with E-state index in [1.807, 2.05) is 0 Å². The monoisotopic (exact) mass is 973 g/mol. The van der Waals surface area contributed by atoms with Gasteiger partial charge in [0.05, 0.1) is 0 Å². The minimum atomic E-state index is 0.400. The minimum absolute atomic E-state index is 0.400. The second-order valence-electron chi connectivity index (χ2n) is 22.0. The fourth-order valence-corrected chi connectivity index (χ4v) is 14.2. The van der Waals surface area contributed by atoms with Gasteiger partial charge in [0, 0.05) is 23.0 Å². The van der Waals surface area contributed by atoms with Crippen LogP contribution >= 0.6 is 0 Å². The quantitative estimate of drug-likeness (QED) is 0.130. The van der Waals surface area contributed by atoms with Gasteiger partial charge in [0.2, 0.25) is 0 Å². The molecular formula is C75H59N. The largest absolute Gasteiger partial charge is 0.310 e. The Hall–Kier alpha value is -8.52. The lowest BCUT2D eigenvalue weighted by molar-refractivity contribution is 0.861. The molecule has 0 fully saturated rings. The van der Waals surface area contributed by atoms with Gasteiger partial charge in [-0.15, -0.1) is 0 Å². The molecular weight excluding hydrogens is 915 g/mol. The molecule has 13 aromatic rings. The minimum Gasteiger partial charge on any atom is -0.310 e. The van der Waals surface area contributed by atoms with Crippen molar-refractivity contribution < 1.29 is 0 Å². The molecule has 0 aromatic heterocycles. The fourth-order valence-electron chi connectivity index (χ4n) is 14.2. The van der Waals surface area contributed by atoms with E-state index in [-0.39, 0.29) is 0 Å². The van der Waals surface area contributed by atoms with Gasteiger partial charge in [-0.1, -0.05) is 166 Å². The Balaban J connectivity index is 0.963. The van der Waals surface area contributed by atoms with Crippen LogP contribution in [0.2, 0.25) is 0 Å². The highest BCUT2D eigenvalue weighted by Crippen LogP contribution is 2.51. The number of hydrogen-bond donors (Lipinski definition) is 0. The summed E-state index contributed by atoms with van der Waals surface area (Å²) in [6.07, 6.45) is 13.3. The summed E-state index contributed by atoms with van der Waals surface area (Å²) in [6.45, 7) is 14.1. The molecule has 13 aromatic carbocycles. The van der Waals surface area contributed by atoms with Crippen LogP contribution in [0.15, 0.2) is 182 Å². The Morgan fingerprint density at radius 3 is 1.43 bits per heavy atom. The summed E-state index contributed by atoms with van der Waals surface area (Å²) in [6, 6.07) is 65.9. The van der Waals surface area contributed by atoms with Crippen molar-refractivity contribution in [3.05, 3.63) is 232 Å². The molecule has 2 aliphatic rings. The highest BCUT2D eigenvalue weighted by molar-refractivity contribution is 6.27. The van der Waals surface area contributed by atoms with Crippen LogP contribution in [0.4, 0.5) is 17.1 Å². The predicted octanol–water partition coefficient (Wildman–Crippen LogP) is 21.2. The highest BCUT2D eigenvalue weighted by Gasteiger charge is 2.29. The van der Waals surface area contributed by atoms with Crippen molar-refractivity contribution >= 4 is 105 Å². The molecule has 76 heavy (non-hydrogen) atoms. The molecule has 0 N–H and O–H groups in total. The van der Waals surface area contributed by atoms with E-state index in [1.165, 1.54) is 176 Å². The molecule has 1 unspecified atom stereocenters. The molecule has 1 atom stereocenters.